The lowest BCUT2D eigenvalue weighted by Gasteiger charge is -2.37. The second-order valence-corrected chi connectivity index (χ2v) is 3.52. The fraction of sp³-hybridized carbons (Fsp3) is 0.667. The molecule has 0 atom stereocenters. The van der Waals surface area contributed by atoms with Gasteiger partial charge in [0.2, 0.25) is 5.91 Å². The van der Waals surface area contributed by atoms with Crippen LogP contribution in [0.3, 0.4) is 0 Å². The molecule has 3 nitrogen and oxygen atoms in total. The number of fused-ring (bicyclic) bond motifs is 1. The standard InChI is InChI=1S/C9H14N2O/c1-10-5-6-11-8(7-10)3-2-4-9(11)12/h3H,2,4-7H2,1H3. The van der Waals surface area contributed by atoms with Crippen molar-refractivity contribution >= 4 is 5.91 Å². The van der Waals surface area contributed by atoms with Crippen molar-refractivity contribution in [3.8, 4) is 0 Å². The summed E-state index contributed by atoms with van der Waals surface area (Å²) in [6, 6.07) is 0. The summed E-state index contributed by atoms with van der Waals surface area (Å²) in [6.07, 6.45) is 3.82. The Bertz CT molecular complexity index is 235. The number of carbonyl (C=O) groups excluding carboxylic acids is 1. The Balaban J connectivity index is 2.17. The molecule has 1 fully saturated rings. The molecule has 0 unspecified atom stereocenters. The fourth-order valence-corrected chi connectivity index (χ4v) is 1.81. The second-order valence-electron chi connectivity index (χ2n) is 3.52. The fourth-order valence-electron chi connectivity index (χ4n) is 1.81. The maximum Gasteiger partial charge on any atom is 0.227 e. The predicted molar refractivity (Wildman–Crippen MR) is 46.5 cm³/mol. The van der Waals surface area contributed by atoms with Gasteiger partial charge in [0.15, 0.2) is 0 Å². The highest BCUT2D eigenvalue weighted by atomic mass is 16.2. The number of hydrogen-bond acceptors (Lipinski definition) is 2. The van der Waals surface area contributed by atoms with Gasteiger partial charge in [0.25, 0.3) is 0 Å². The molecule has 0 aromatic rings. The average Bonchev–Trinajstić information content (AvgIpc) is 2.04. The molecule has 1 amide bonds. The van der Waals surface area contributed by atoms with Gasteiger partial charge in [0.05, 0.1) is 0 Å². The van der Waals surface area contributed by atoms with E-state index >= 15 is 0 Å². The average molecular weight is 166 g/mol. The number of likely N-dealkylation sites (N-methyl/N-ethyl adjacent to an activating group) is 1. The van der Waals surface area contributed by atoms with E-state index in [4.69, 9.17) is 0 Å². The maximum absolute atomic E-state index is 11.4. The van der Waals surface area contributed by atoms with Crippen LogP contribution < -0.4 is 0 Å². The van der Waals surface area contributed by atoms with E-state index < -0.39 is 0 Å². The summed E-state index contributed by atoms with van der Waals surface area (Å²) >= 11 is 0. The molecule has 0 bridgehead atoms. The lowest BCUT2D eigenvalue weighted by atomic mass is 10.1. The smallest absolute Gasteiger partial charge is 0.227 e. The predicted octanol–water partition coefficient (Wildman–Crippen LogP) is 0.438. The lowest BCUT2D eigenvalue weighted by molar-refractivity contribution is -0.131. The molecule has 0 saturated carbocycles. The molecular formula is C9H14N2O. The van der Waals surface area contributed by atoms with E-state index in [2.05, 4.69) is 18.0 Å². The monoisotopic (exact) mass is 166 g/mol. The van der Waals surface area contributed by atoms with Crippen molar-refractivity contribution in [3.05, 3.63) is 11.8 Å². The molecule has 0 radical (unpaired) electrons. The molecular weight excluding hydrogens is 152 g/mol. The number of amides is 1. The summed E-state index contributed by atoms with van der Waals surface area (Å²) in [5, 5.41) is 0. The van der Waals surface area contributed by atoms with Gasteiger partial charge >= 0.3 is 0 Å². The van der Waals surface area contributed by atoms with Gasteiger partial charge in [-0.2, -0.15) is 0 Å². The van der Waals surface area contributed by atoms with Crippen LogP contribution in [0, 0.1) is 0 Å². The minimum atomic E-state index is 0.306. The summed E-state index contributed by atoms with van der Waals surface area (Å²) in [6.45, 7) is 2.82. The highest BCUT2D eigenvalue weighted by molar-refractivity contribution is 5.79. The van der Waals surface area contributed by atoms with Crippen LogP contribution in [0.2, 0.25) is 0 Å². The van der Waals surface area contributed by atoms with Gasteiger partial charge in [0, 0.05) is 31.8 Å². The first kappa shape index (κ1) is 7.80. The lowest BCUT2D eigenvalue weighted by Crippen LogP contribution is -2.46. The Hall–Kier alpha value is -0.830. The van der Waals surface area contributed by atoms with E-state index in [0.717, 1.165) is 26.1 Å². The SMILES string of the molecule is CN1CCN2C(=O)CCC=C2C1. The number of hydrogen-bond donors (Lipinski definition) is 0. The van der Waals surface area contributed by atoms with Gasteiger partial charge in [-0.15, -0.1) is 0 Å². The van der Waals surface area contributed by atoms with Crippen LogP contribution in [-0.2, 0) is 4.79 Å². The molecule has 1 saturated heterocycles. The summed E-state index contributed by atoms with van der Waals surface area (Å²) in [5.41, 5.74) is 1.21. The van der Waals surface area contributed by atoms with Crippen LogP contribution in [0.1, 0.15) is 12.8 Å². The van der Waals surface area contributed by atoms with Crippen LogP contribution in [0.4, 0.5) is 0 Å². The van der Waals surface area contributed by atoms with Gasteiger partial charge in [-0.1, -0.05) is 6.08 Å². The first-order chi connectivity index (χ1) is 5.77. The van der Waals surface area contributed by atoms with E-state index in [0.29, 0.717) is 12.3 Å². The largest absolute Gasteiger partial charge is 0.314 e. The molecule has 2 rings (SSSR count). The van der Waals surface area contributed by atoms with Crippen molar-refractivity contribution in [2.45, 2.75) is 12.8 Å². The number of carbonyl (C=O) groups is 1. The molecule has 0 spiro atoms. The minimum Gasteiger partial charge on any atom is -0.314 e. The third-order valence-corrected chi connectivity index (χ3v) is 2.52. The number of allylic oxidation sites excluding steroid dienone is 1. The van der Waals surface area contributed by atoms with Gasteiger partial charge in [-0.05, 0) is 13.5 Å². The number of piperazine rings is 1. The van der Waals surface area contributed by atoms with E-state index in [1.807, 2.05) is 4.90 Å². The molecule has 0 N–H and O–H groups in total. The van der Waals surface area contributed by atoms with Crippen LogP contribution in [0.5, 0.6) is 0 Å². The Morgan fingerprint density at radius 1 is 1.42 bits per heavy atom. The first-order valence-electron chi connectivity index (χ1n) is 4.45. The van der Waals surface area contributed by atoms with E-state index in [-0.39, 0.29) is 0 Å². The van der Waals surface area contributed by atoms with E-state index in [1.54, 1.807) is 0 Å². The Labute approximate surface area is 72.6 Å². The third-order valence-electron chi connectivity index (χ3n) is 2.52. The van der Waals surface area contributed by atoms with E-state index in [1.165, 1.54) is 5.70 Å². The van der Waals surface area contributed by atoms with Gasteiger partial charge < -0.3 is 4.90 Å². The van der Waals surface area contributed by atoms with Gasteiger partial charge in [-0.3, -0.25) is 9.69 Å². The van der Waals surface area contributed by atoms with Crippen molar-refractivity contribution in [3.63, 3.8) is 0 Å². The van der Waals surface area contributed by atoms with Crippen LogP contribution in [-0.4, -0.2) is 42.4 Å². The molecule has 66 valence electrons. The van der Waals surface area contributed by atoms with Crippen molar-refractivity contribution in [1.82, 2.24) is 9.80 Å². The van der Waals surface area contributed by atoms with Crippen LogP contribution in [0.25, 0.3) is 0 Å². The zero-order valence-electron chi connectivity index (χ0n) is 7.42. The molecule has 12 heavy (non-hydrogen) atoms. The summed E-state index contributed by atoms with van der Waals surface area (Å²) in [5.74, 6) is 0.306. The first-order valence-corrected chi connectivity index (χ1v) is 4.45. The molecule has 0 aromatic carbocycles. The minimum absolute atomic E-state index is 0.306. The van der Waals surface area contributed by atoms with Crippen LogP contribution in [0.15, 0.2) is 11.8 Å². The second kappa shape index (κ2) is 2.90. The topological polar surface area (TPSA) is 23.6 Å². The molecule has 3 heteroatoms. The molecule has 2 aliphatic rings. The molecule has 0 aromatic heterocycles. The summed E-state index contributed by atoms with van der Waals surface area (Å²) in [7, 11) is 2.09. The summed E-state index contributed by atoms with van der Waals surface area (Å²) in [4.78, 5) is 15.6. The normalized spacial score (nSPS) is 25.2. The number of rotatable bonds is 0. The zero-order valence-corrected chi connectivity index (χ0v) is 7.42. The Morgan fingerprint density at radius 3 is 3.08 bits per heavy atom. The Kier molecular flexibility index (Phi) is 1.89. The van der Waals surface area contributed by atoms with Crippen molar-refractivity contribution in [1.29, 1.82) is 0 Å². The Morgan fingerprint density at radius 2 is 2.25 bits per heavy atom. The molecule has 2 aliphatic heterocycles. The summed E-state index contributed by atoms with van der Waals surface area (Å²) < 4.78 is 0. The van der Waals surface area contributed by atoms with Crippen LogP contribution >= 0.6 is 0 Å². The van der Waals surface area contributed by atoms with Crippen molar-refractivity contribution in [2.24, 2.45) is 0 Å². The highest BCUT2D eigenvalue weighted by Gasteiger charge is 2.25. The molecule has 0 aliphatic carbocycles. The zero-order chi connectivity index (χ0) is 8.55. The van der Waals surface area contributed by atoms with Crippen molar-refractivity contribution < 1.29 is 4.79 Å². The number of nitrogens with zero attached hydrogens (tertiary/aromatic N) is 2. The third kappa shape index (κ3) is 1.25. The highest BCUT2D eigenvalue weighted by Crippen LogP contribution is 2.19. The molecule has 2 heterocycles. The van der Waals surface area contributed by atoms with E-state index in [9.17, 15) is 4.79 Å². The quantitative estimate of drug-likeness (QED) is 0.521. The van der Waals surface area contributed by atoms with Gasteiger partial charge in [-0.25, -0.2) is 0 Å². The maximum atomic E-state index is 11.4. The van der Waals surface area contributed by atoms with Gasteiger partial charge in [0.1, 0.15) is 0 Å². The van der Waals surface area contributed by atoms with Crippen molar-refractivity contribution in [2.75, 3.05) is 26.7 Å².